The molecule has 1 N–H and O–H groups in total. The molecule has 5 heteroatoms. The second-order valence-electron chi connectivity index (χ2n) is 6.08. The van der Waals surface area contributed by atoms with E-state index >= 15 is 0 Å². The fourth-order valence-electron chi connectivity index (χ4n) is 3.33. The van der Waals surface area contributed by atoms with E-state index in [4.69, 9.17) is 0 Å². The summed E-state index contributed by atoms with van der Waals surface area (Å²) in [6, 6.07) is 14.2. The largest absolute Gasteiger partial charge is 0.309 e. The minimum absolute atomic E-state index is 0.00803. The van der Waals surface area contributed by atoms with E-state index in [0.29, 0.717) is 18.8 Å². The van der Waals surface area contributed by atoms with Gasteiger partial charge in [0.15, 0.2) is 5.82 Å². The lowest BCUT2D eigenvalue weighted by atomic mass is 9.86. The molecule has 0 bridgehead atoms. The van der Waals surface area contributed by atoms with Gasteiger partial charge in [0.25, 0.3) is 0 Å². The van der Waals surface area contributed by atoms with Crippen LogP contribution in [0.1, 0.15) is 34.7 Å². The van der Waals surface area contributed by atoms with E-state index in [-0.39, 0.29) is 11.8 Å². The Bertz CT molecular complexity index is 871. The predicted molar refractivity (Wildman–Crippen MR) is 91.8 cm³/mol. The molecule has 0 spiro atoms. The first-order valence-corrected chi connectivity index (χ1v) is 8.03. The van der Waals surface area contributed by atoms with Gasteiger partial charge in [-0.25, -0.2) is 0 Å². The van der Waals surface area contributed by atoms with Crippen LogP contribution in [0.4, 0.5) is 5.82 Å². The van der Waals surface area contributed by atoms with Crippen LogP contribution >= 0.6 is 0 Å². The van der Waals surface area contributed by atoms with Gasteiger partial charge in [-0.15, -0.1) is 0 Å². The van der Waals surface area contributed by atoms with Crippen molar-refractivity contribution in [2.75, 3.05) is 5.32 Å². The minimum Gasteiger partial charge on any atom is -0.309 e. The smallest absolute Gasteiger partial charge is 0.226 e. The normalized spacial score (nSPS) is 16.5. The summed E-state index contributed by atoms with van der Waals surface area (Å²) in [7, 11) is 0. The van der Waals surface area contributed by atoms with Crippen molar-refractivity contribution in [2.24, 2.45) is 0 Å². The number of amides is 1. The Kier molecular flexibility index (Phi) is 3.61. The highest BCUT2D eigenvalue weighted by Gasteiger charge is 2.31. The molecule has 1 aliphatic heterocycles. The average Bonchev–Trinajstić information content (AvgIpc) is 2.91. The first-order valence-electron chi connectivity index (χ1n) is 8.03. The molecule has 0 saturated carbocycles. The Morgan fingerprint density at radius 2 is 1.92 bits per heavy atom. The van der Waals surface area contributed by atoms with E-state index in [1.165, 1.54) is 5.56 Å². The summed E-state index contributed by atoms with van der Waals surface area (Å²) in [6.45, 7) is 2.76. The summed E-state index contributed by atoms with van der Waals surface area (Å²) in [5, 5.41) is 7.56. The number of anilines is 1. The first kappa shape index (κ1) is 14.6. The van der Waals surface area contributed by atoms with Gasteiger partial charge in [-0.2, -0.15) is 5.10 Å². The molecule has 0 fully saturated rings. The van der Waals surface area contributed by atoms with Crippen molar-refractivity contribution in [3.63, 3.8) is 0 Å². The van der Waals surface area contributed by atoms with Crippen molar-refractivity contribution in [1.29, 1.82) is 0 Å². The molecule has 0 aliphatic carbocycles. The number of carbonyl (C=O) groups excluding carboxylic acids is 1. The summed E-state index contributed by atoms with van der Waals surface area (Å²) in [5.41, 5.74) is 4.49. The molecule has 1 aromatic carbocycles. The molecule has 0 unspecified atom stereocenters. The van der Waals surface area contributed by atoms with Crippen LogP contribution in [0.5, 0.6) is 0 Å². The van der Waals surface area contributed by atoms with Crippen molar-refractivity contribution < 1.29 is 4.79 Å². The second-order valence-corrected chi connectivity index (χ2v) is 6.08. The number of nitrogens with zero attached hydrogens (tertiary/aromatic N) is 3. The third kappa shape index (κ3) is 2.58. The third-order valence-corrected chi connectivity index (χ3v) is 4.53. The summed E-state index contributed by atoms with van der Waals surface area (Å²) in [4.78, 5) is 16.2. The molecule has 1 aliphatic rings. The maximum atomic E-state index is 12.1. The Morgan fingerprint density at radius 3 is 2.67 bits per heavy atom. The van der Waals surface area contributed by atoms with Gasteiger partial charge >= 0.3 is 0 Å². The number of rotatable bonds is 3. The molecular weight excluding hydrogens is 300 g/mol. The van der Waals surface area contributed by atoms with Gasteiger partial charge in [0.2, 0.25) is 5.91 Å². The highest BCUT2D eigenvalue weighted by molar-refractivity contribution is 5.94. The topological polar surface area (TPSA) is 59.8 Å². The SMILES string of the molecule is Cc1c2c(nn1Cc1ccccc1)NC(=O)C[C@H]2c1ccncc1. The molecule has 120 valence electrons. The van der Waals surface area contributed by atoms with Gasteiger partial charge in [-0.1, -0.05) is 30.3 Å². The molecule has 0 radical (unpaired) electrons. The maximum absolute atomic E-state index is 12.1. The summed E-state index contributed by atoms with van der Waals surface area (Å²) in [5.74, 6) is 0.719. The van der Waals surface area contributed by atoms with Crippen molar-refractivity contribution >= 4 is 11.7 Å². The van der Waals surface area contributed by atoms with E-state index in [1.807, 2.05) is 35.0 Å². The lowest BCUT2D eigenvalue weighted by Crippen LogP contribution is -2.23. The molecule has 0 saturated heterocycles. The molecule has 1 atom stereocenters. The zero-order valence-corrected chi connectivity index (χ0v) is 13.4. The van der Waals surface area contributed by atoms with Crippen molar-refractivity contribution in [2.45, 2.75) is 25.8 Å². The zero-order valence-electron chi connectivity index (χ0n) is 13.4. The predicted octanol–water partition coefficient (Wildman–Crippen LogP) is 3.11. The van der Waals surface area contributed by atoms with Crippen molar-refractivity contribution in [3.8, 4) is 0 Å². The molecule has 3 aromatic rings. The lowest BCUT2D eigenvalue weighted by molar-refractivity contribution is -0.116. The van der Waals surface area contributed by atoms with Gasteiger partial charge in [-0.05, 0) is 30.2 Å². The number of hydrogen-bond donors (Lipinski definition) is 1. The number of pyridine rings is 1. The molecule has 24 heavy (non-hydrogen) atoms. The standard InChI is InChI=1S/C19H18N4O/c1-13-18-16(15-7-9-20-10-8-15)11-17(24)21-19(18)22-23(13)12-14-5-3-2-4-6-14/h2-10,16H,11-12H2,1H3,(H,21,22,24)/t16-/m0/s1. The van der Waals surface area contributed by atoms with E-state index in [2.05, 4.69) is 34.5 Å². The van der Waals surface area contributed by atoms with Crippen LogP contribution in [0.2, 0.25) is 0 Å². The van der Waals surface area contributed by atoms with Crippen LogP contribution in [-0.4, -0.2) is 20.7 Å². The molecule has 2 aromatic heterocycles. The van der Waals surface area contributed by atoms with Crippen LogP contribution in [0.3, 0.4) is 0 Å². The van der Waals surface area contributed by atoms with Gasteiger partial charge in [-0.3, -0.25) is 14.5 Å². The number of hydrogen-bond acceptors (Lipinski definition) is 3. The van der Waals surface area contributed by atoms with Crippen molar-refractivity contribution in [3.05, 3.63) is 77.2 Å². The Hall–Kier alpha value is -2.95. The highest BCUT2D eigenvalue weighted by Crippen LogP contribution is 2.38. The number of fused-ring (bicyclic) bond motifs is 1. The van der Waals surface area contributed by atoms with E-state index in [9.17, 15) is 4.79 Å². The number of aromatic nitrogens is 3. The van der Waals surface area contributed by atoms with Crippen LogP contribution in [0.25, 0.3) is 0 Å². The van der Waals surface area contributed by atoms with Gasteiger partial charge in [0.05, 0.1) is 6.54 Å². The Morgan fingerprint density at radius 1 is 1.17 bits per heavy atom. The first-order chi connectivity index (χ1) is 11.7. The number of benzene rings is 1. The molecule has 1 amide bonds. The van der Waals surface area contributed by atoms with Crippen molar-refractivity contribution in [1.82, 2.24) is 14.8 Å². The summed E-state index contributed by atoms with van der Waals surface area (Å²) in [6.07, 6.45) is 3.98. The number of nitrogens with one attached hydrogen (secondary N) is 1. The monoisotopic (exact) mass is 318 g/mol. The fourth-order valence-corrected chi connectivity index (χ4v) is 3.33. The van der Waals surface area contributed by atoms with Crippen LogP contribution in [0.15, 0.2) is 54.9 Å². The molecule has 5 nitrogen and oxygen atoms in total. The van der Waals surface area contributed by atoms with E-state index in [1.54, 1.807) is 12.4 Å². The maximum Gasteiger partial charge on any atom is 0.226 e. The zero-order chi connectivity index (χ0) is 16.5. The van der Waals surface area contributed by atoms with Gasteiger partial charge in [0, 0.05) is 36.0 Å². The summed E-state index contributed by atoms with van der Waals surface area (Å²) < 4.78 is 1.97. The van der Waals surface area contributed by atoms with Crippen LogP contribution in [0, 0.1) is 6.92 Å². The quantitative estimate of drug-likeness (QED) is 0.807. The minimum atomic E-state index is 0.00803. The summed E-state index contributed by atoms with van der Waals surface area (Å²) >= 11 is 0. The van der Waals surface area contributed by atoms with Crippen LogP contribution in [-0.2, 0) is 11.3 Å². The highest BCUT2D eigenvalue weighted by atomic mass is 16.1. The van der Waals surface area contributed by atoms with Gasteiger partial charge < -0.3 is 5.32 Å². The van der Waals surface area contributed by atoms with Crippen LogP contribution < -0.4 is 5.32 Å². The van der Waals surface area contributed by atoms with E-state index < -0.39 is 0 Å². The Labute approximate surface area is 140 Å². The second kappa shape index (κ2) is 5.92. The molecular formula is C19H18N4O. The molecule has 4 rings (SSSR count). The van der Waals surface area contributed by atoms with E-state index in [0.717, 1.165) is 16.8 Å². The third-order valence-electron chi connectivity index (χ3n) is 4.53. The lowest BCUT2D eigenvalue weighted by Gasteiger charge is -2.22. The number of carbonyl (C=O) groups is 1. The Balaban J connectivity index is 1.76. The van der Waals surface area contributed by atoms with Gasteiger partial charge in [0.1, 0.15) is 0 Å². The fraction of sp³-hybridized carbons (Fsp3) is 0.211. The molecule has 3 heterocycles. The average molecular weight is 318 g/mol.